The van der Waals surface area contributed by atoms with Crippen LogP contribution in [0.5, 0.6) is 0 Å². The van der Waals surface area contributed by atoms with Crippen molar-refractivity contribution in [3.05, 3.63) is 104 Å². The maximum absolute atomic E-state index is 13.5. The Kier molecular flexibility index (Phi) is 7.48. The van der Waals surface area contributed by atoms with E-state index in [1.807, 2.05) is 33.8 Å². The van der Waals surface area contributed by atoms with E-state index in [9.17, 15) is 19.2 Å². The SMILES string of the molecule is CC1=CC2CC1C1C(=O)N(c3ccc(-c4cc(C(=O)OCC(=O)c5ccc(C)c(C)c5)c5cc(Br)c(Cl)c(C)c5n4)cc3)C(=O)C21. The number of anilines is 1. The summed E-state index contributed by atoms with van der Waals surface area (Å²) in [5, 5.41) is 0.989. The van der Waals surface area contributed by atoms with E-state index in [4.69, 9.17) is 21.3 Å². The van der Waals surface area contributed by atoms with Crippen molar-refractivity contribution in [3.63, 3.8) is 0 Å². The van der Waals surface area contributed by atoms with Crippen LogP contribution in [0.3, 0.4) is 0 Å². The molecule has 4 aromatic rings. The molecule has 2 amide bonds. The highest BCUT2D eigenvalue weighted by Gasteiger charge is 2.60. The Morgan fingerprint density at radius 2 is 1.67 bits per heavy atom. The van der Waals surface area contributed by atoms with Gasteiger partial charge in [-0.1, -0.05) is 47.5 Å². The molecule has 7 rings (SSSR count). The summed E-state index contributed by atoms with van der Waals surface area (Å²) in [7, 11) is 0. The number of Topliss-reactive ketones (excluding diaryl/α,β-unsaturated/α-hetero) is 1. The van der Waals surface area contributed by atoms with Crippen LogP contribution in [-0.4, -0.2) is 35.2 Å². The van der Waals surface area contributed by atoms with Gasteiger partial charge in [-0.05, 0) is 109 Å². The number of halogens is 2. The summed E-state index contributed by atoms with van der Waals surface area (Å²) in [4.78, 5) is 59.5. The minimum Gasteiger partial charge on any atom is -0.454 e. The van der Waals surface area contributed by atoms with Crippen molar-refractivity contribution in [2.75, 3.05) is 11.5 Å². The number of allylic oxidation sites excluding steroid dienone is 2. The summed E-state index contributed by atoms with van der Waals surface area (Å²) in [6.45, 7) is 7.34. The first-order valence-electron chi connectivity index (χ1n) is 15.2. The fourth-order valence-electron chi connectivity index (χ4n) is 7.29. The highest BCUT2D eigenvalue weighted by molar-refractivity contribution is 9.10. The lowest BCUT2D eigenvalue weighted by molar-refractivity contribution is -0.123. The third-order valence-corrected chi connectivity index (χ3v) is 11.2. The van der Waals surface area contributed by atoms with Gasteiger partial charge in [-0.3, -0.25) is 19.3 Å². The van der Waals surface area contributed by atoms with Gasteiger partial charge in [-0.25, -0.2) is 9.78 Å². The van der Waals surface area contributed by atoms with Gasteiger partial charge in [0.05, 0.1) is 39.3 Å². The Labute approximate surface area is 279 Å². The highest BCUT2D eigenvalue weighted by atomic mass is 79.9. The van der Waals surface area contributed by atoms with Crippen LogP contribution in [0.25, 0.3) is 22.2 Å². The molecule has 3 aromatic carbocycles. The van der Waals surface area contributed by atoms with Crippen LogP contribution < -0.4 is 4.90 Å². The first-order chi connectivity index (χ1) is 21.9. The Hall–Kier alpha value is -4.14. The zero-order chi connectivity index (χ0) is 32.6. The number of ether oxygens (including phenoxy) is 1. The summed E-state index contributed by atoms with van der Waals surface area (Å²) in [6.07, 6.45) is 3.04. The lowest BCUT2D eigenvalue weighted by Crippen LogP contribution is -2.32. The number of benzene rings is 3. The molecular weight excluding hydrogens is 668 g/mol. The predicted octanol–water partition coefficient (Wildman–Crippen LogP) is 7.98. The Balaban J connectivity index is 1.20. The Morgan fingerprint density at radius 3 is 2.39 bits per heavy atom. The van der Waals surface area contributed by atoms with Crippen molar-refractivity contribution < 1.29 is 23.9 Å². The van der Waals surface area contributed by atoms with Crippen LogP contribution in [0.15, 0.2) is 70.7 Å². The first kappa shape index (κ1) is 30.5. The van der Waals surface area contributed by atoms with E-state index in [1.54, 1.807) is 48.5 Å². The molecule has 2 fully saturated rings. The van der Waals surface area contributed by atoms with Crippen LogP contribution in [0, 0.1) is 44.4 Å². The fraction of sp³-hybridized carbons (Fsp3) is 0.270. The van der Waals surface area contributed by atoms with E-state index in [0.29, 0.717) is 48.5 Å². The number of hydrogen-bond acceptors (Lipinski definition) is 6. The van der Waals surface area contributed by atoms with E-state index in [0.717, 1.165) is 17.5 Å². The van der Waals surface area contributed by atoms with Crippen molar-refractivity contribution in [1.29, 1.82) is 0 Å². The van der Waals surface area contributed by atoms with Gasteiger partial charge in [0.2, 0.25) is 11.8 Å². The summed E-state index contributed by atoms with van der Waals surface area (Å²) in [5.41, 5.74) is 6.79. The van der Waals surface area contributed by atoms with Crippen molar-refractivity contribution in [2.24, 2.45) is 23.7 Å². The normalized spacial score (nSPS) is 21.6. The van der Waals surface area contributed by atoms with Crippen LogP contribution >= 0.6 is 27.5 Å². The smallest absolute Gasteiger partial charge is 0.339 e. The number of amides is 2. The van der Waals surface area contributed by atoms with E-state index in [2.05, 4.69) is 22.0 Å². The van der Waals surface area contributed by atoms with Gasteiger partial charge in [0.15, 0.2) is 12.4 Å². The third kappa shape index (κ3) is 4.81. The van der Waals surface area contributed by atoms with Crippen LogP contribution in [-0.2, 0) is 14.3 Å². The molecule has 9 heteroatoms. The summed E-state index contributed by atoms with van der Waals surface area (Å²) >= 11 is 10.0. The molecule has 2 heterocycles. The quantitative estimate of drug-likeness (QED) is 0.0878. The number of nitrogens with zero attached hydrogens (tertiary/aromatic N) is 2. The number of imide groups is 1. The fourth-order valence-corrected chi connectivity index (χ4v) is 7.96. The third-order valence-electron chi connectivity index (χ3n) is 9.91. The Bertz CT molecular complexity index is 2050. The molecule has 0 spiro atoms. The van der Waals surface area contributed by atoms with E-state index in [-0.39, 0.29) is 46.8 Å². The van der Waals surface area contributed by atoms with E-state index >= 15 is 0 Å². The monoisotopic (exact) mass is 696 g/mol. The number of aromatic nitrogens is 1. The second-order valence-electron chi connectivity index (χ2n) is 12.6. The minimum atomic E-state index is -0.672. The number of pyridine rings is 1. The summed E-state index contributed by atoms with van der Waals surface area (Å²) < 4.78 is 6.15. The molecule has 1 saturated heterocycles. The van der Waals surface area contributed by atoms with Crippen LogP contribution in [0.2, 0.25) is 5.02 Å². The van der Waals surface area contributed by atoms with Crippen molar-refractivity contribution in [1.82, 2.24) is 4.98 Å². The number of carbonyl (C=O) groups excluding carboxylic acids is 4. The standard InChI is InChI=1S/C37H30BrClN2O5/c1-17-5-6-22(11-18(17)2)30(42)16-46-37(45)27-15-29(40-34-20(4)33(39)28(38)14-26(27)34)21-7-9-24(10-8-21)41-35(43)31-23-12-19(3)25(13-23)32(31)36(41)44/h5-12,14-15,23,25,31-32H,13,16H2,1-4H3. The molecule has 0 N–H and O–H groups in total. The molecule has 2 aliphatic carbocycles. The number of fused-ring (bicyclic) bond motifs is 6. The van der Waals surface area contributed by atoms with Crippen LogP contribution in [0.4, 0.5) is 5.69 Å². The number of carbonyl (C=O) groups is 4. The van der Waals surface area contributed by atoms with Crippen molar-refractivity contribution in [2.45, 2.75) is 34.1 Å². The van der Waals surface area contributed by atoms with E-state index < -0.39 is 12.6 Å². The average Bonchev–Trinajstić information content (AvgIpc) is 3.69. The molecule has 1 aromatic heterocycles. The molecule has 4 atom stereocenters. The Morgan fingerprint density at radius 1 is 0.957 bits per heavy atom. The lowest BCUT2D eigenvalue weighted by atomic mass is 9.82. The van der Waals surface area contributed by atoms with Gasteiger partial charge < -0.3 is 4.74 Å². The molecule has 4 unspecified atom stereocenters. The highest BCUT2D eigenvalue weighted by Crippen LogP contribution is 2.56. The molecule has 2 bridgehead atoms. The lowest BCUT2D eigenvalue weighted by Gasteiger charge is -2.19. The maximum Gasteiger partial charge on any atom is 0.339 e. The van der Waals surface area contributed by atoms with Gasteiger partial charge in [0, 0.05) is 21.0 Å². The van der Waals surface area contributed by atoms with Crippen LogP contribution in [0.1, 0.15) is 50.8 Å². The van der Waals surface area contributed by atoms with Gasteiger partial charge in [0.25, 0.3) is 0 Å². The molecule has 1 saturated carbocycles. The maximum atomic E-state index is 13.5. The van der Waals surface area contributed by atoms with Crippen molar-refractivity contribution in [3.8, 4) is 11.3 Å². The van der Waals surface area contributed by atoms with Gasteiger partial charge in [-0.15, -0.1) is 0 Å². The largest absolute Gasteiger partial charge is 0.454 e. The average molecular weight is 698 g/mol. The summed E-state index contributed by atoms with van der Waals surface area (Å²) in [5.74, 6) is -1.56. The van der Waals surface area contributed by atoms with Gasteiger partial charge in [0.1, 0.15) is 0 Å². The predicted molar refractivity (Wildman–Crippen MR) is 180 cm³/mol. The molecule has 46 heavy (non-hydrogen) atoms. The van der Waals surface area contributed by atoms with Crippen molar-refractivity contribution >= 4 is 67.7 Å². The number of rotatable bonds is 6. The number of esters is 1. The summed E-state index contributed by atoms with van der Waals surface area (Å²) in [6, 6.07) is 15.8. The molecule has 0 radical (unpaired) electrons. The first-order valence-corrected chi connectivity index (χ1v) is 16.3. The number of aryl methyl sites for hydroxylation is 3. The minimum absolute atomic E-state index is 0.127. The second kappa shape index (κ2) is 11.3. The number of hydrogen-bond donors (Lipinski definition) is 0. The van der Waals surface area contributed by atoms with Gasteiger partial charge in [-0.2, -0.15) is 0 Å². The second-order valence-corrected chi connectivity index (χ2v) is 13.8. The molecule has 1 aliphatic heterocycles. The molecule has 3 aliphatic rings. The molecular formula is C37H30BrClN2O5. The topological polar surface area (TPSA) is 93.6 Å². The zero-order valence-electron chi connectivity index (χ0n) is 25.7. The van der Waals surface area contributed by atoms with E-state index in [1.165, 1.54) is 10.5 Å². The van der Waals surface area contributed by atoms with Gasteiger partial charge >= 0.3 is 5.97 Å². The molecule has 232 valence electrons. The number of ketones is 1. The molecule has 7 nitrogen and oxygen atoms in total. The zero-order valence-corrected chi connectivity index (χ0v) is 28.0.